The van der Waals surface area contributed by atoms with Crippen LogP contribution in [0.4, 0.5) is 0 Å². The van der Waals surface area contributed by atoms with E-state index in [1.165, 1.54) is 12.8 Å². The summed E-state index contributed by atoms with van der Waals surface area (Å²) >= 11 is 0. The van der Waals surface area contributed by atoms with Crippen LogP contribution in [0.3, 0.4) is 0 Å². The highest BCUT2D eigenvalue weighted by atomic mass is 16.5. The molecule has 5 nitrogen and oxygen atoms in total. The van der Waals surface area contributed by atoms with E-state index in [4.69, 9.17) is 14.6 Å². The van der Waals surface area contributed by atoms with Crippen molar-refractivity contribution in [3.63, 3.8) is 0 Å². The SMILES string of the molecule is O=C(O)c1ccccc1OCCNC1CCOC1C1CC1. The lowest BCUT2D eigenvalue weighted by Gasteiger charge is -2.19. The van der Waals surface area contributed by atoms with Crippen molar-refractivity contribution < 1.29 is 19.4 Å². The lowest BCUT2D eigenvalue weighted by Crippen LogP contribution is -2.39. The van der Waals surface area contributed by atoms with Crippen LogP contribution in [0, 0.1) is 5.92 Å². The van der Waals surface area contributed by atoms with Crippen LogP contribution >= 0.6 is 0 Å². The smallest absolute Gasteiger partial charge is 0.339 e. The molecule has 0 bridgehead atoms. The quantitative estimate of drug-likeness (QED) is 0.751. The fourth-order valence-electron chi connectivity index (χ4n) is 2.89. The second kappa shape index (κ2) is 6.45. The van der Waals surface area contributed by atoms with Gasteiger partial charge < -0.3 is 19.9 Å². The average Bonchev–Trinajstić information content (AvgIpc) is 3.23. The highest BCUT2D eigenvalue weighted by Crippen LogP contribution is 2.38. The maximum Gasteiger partial charge on any atom is 0.339 e. The molecule has 0 spiro atoms. The zero-order valence-corrected chi connectivity index (χ0v) is 12.0. The highest BCUT2D eigenvalue weighted by Gasteiger charge is 2.40. The number of hydrogen-bond acceptors (Lipinski definition) is 4. The van der Waals surface area contributed by atoms with Crippen molar-refractivity contribution in [1.29, 1.82) is 0 Å². The van der Waals surface area contributed by atoms with Gasteiger partial charge in [-0.15, -0.1) is 0 Å². The Labute approximate surface area is 124 Å². The standard InChI is InChI=1S/C16H21NO4/c18-16(19)12-3-1-2-4-14(12)20-10-8-17-13-7-9-21-15(13)11-5-6-11/h1-4,11,13,15,17H,5-10H2,(H,18,19). The first-order valence-corrected chi connectivity index (χ1v) is 7.56. The van der Waals surface area contributed by atoms with Gasteiger partial charge in [0.2, 0.25) is 0 Å². The molecule has 0 aromatic heterocycles. The molecule has 2 N–H and O–H groups in total. The molecule has 1 heterocycles. The van der Waals surface area contributed by atoms with Crippen LogP contribution in [0.5, 0.6) is 5.75 Å². The van der Waals surface area contributed by atoms with E-state index in [0.29, 0.717) is 31.0 Å². The summed E-state index contributed by atoms with van der Waals surface area (Å²) in [7, 11) is 0. The van der Waals surface area contributed by atoms with Crippen molar-refractivity contribution >= 4 is 5.97 Å². The third kappa shape index (κ3) is 3.54. The van der Waals surface area contributed by atoms with Crippen molar-refractivity contribution in [3.8, 4) is 5.75 Å². The molecule has 0 amide bonds. The zero-order valence-electron chi connectivity index (χ0n) is 12.0. The van der Waals surface area contributed by atoms with E-state index < -0.39 is 5.97 Å². The first kappa shape index (κ1) is 14.4. The molecule has 1 aliphatic heterocycles. The normalized spacial score (nSPS) is 25.0. The number of carbonyl (C=O) groups is 1. The van der Waals surface area contributed by atoms with Crippen LogP contribution < -0.4 is 10.1 Å². The molecule has 0 radical (unpaired) electrons. The molecule has 1 aromatic carbocycles. The van der Waals surface area contributed by atoms with Gasteiger partial charge in [-0.2, -0.15) is 0 Å². The van der Waals surface area contributed by atoms with Crippen LogP contribution in [-0.4, -0.2) is 43.0 Å². The second-order valence-corrected chi connectivity index (χ2v) is 5.67. The van der Waals surface area contributed by atoms with Gasteiger partial charge in [0.15, 0.2) is 0 Å². The maximum atomic E-state index is 11.1. The summed E-state index contributed by atoms with van der Waals surface area (Å²) in [5.74, 6) is 0.198. The summed E-state index contributed by atoms with van der Waals surface area (Å²) in [6.45, 7) is 1.99. The van der Waals surface area contributed by atoms with Gasteiger partial charge in [-0.25, -0.2) is 4.79 Å². The molecule has 2 unspecified atom stereocenters. The van der Waals surface area contributed by atoms with Gasteiger partial charge in [0.05, 0.1) is 6.10 Å². The maximum absolute atomic E-state index is 11.1. The molecular weight excluding hydrogens is 270 g/mol. The lowest BCUT2D eigenvalue weighted by atomic mass is 10.1. The third-order valence-electron chi connectivity index (χ3n) is 4.11. The minimum atomic E-state index is -0.962. The van der Waals surface area contributed by atoms with E-state index in [-0.39, 0.29) is 5.56 Å². The number of carboxylic acids is 1. The summed E-state index contributed by atoms with van der Waals surface area (Å²) in [5, 5.41) is 12.6. The number of carboxylic acid groups (broad SMARTS) is 1. The number of nitrogens with one attached hydrogen (secondary N) is 1. The molecule has 114 valence electrons. The van der Waals surface area contributed by atoms with Crippen LogP contribution in [0.15, 0.2) is 24.3 Å². The molecule has 5 heteroatoms. The summed E-state index contributed by atoms with van der Waals surface area (Å²) in [5.41, 5.74) is 0.206. The molecule has 1 saturated heterocycles. The Bertz CT molecular complexity index is 501. The number of para-hydroxylation sites is 1. The fraction of sp³-hybridized carbons (Fsp3) is 0.562. The second-order valence-electron chi connectivity index (χ2n) is 5.67. The summed E-state index contributed by atoms with van der Waals surface area (Å²) in [6.07, 6.45) is 3.97. The molecule has 2 fully saturated rings. The number of benzene rings is 1. The summed E-state index contributed by atoms with van der Waals surface area (Å²) < 4.78 is 11.4. The monoisotopic (exact) mass is 291 g/mol. The van der Waals surface area contributed by atoms with E-state index in [9.17, 15) is 4.79 Å². The fourth-order valence-corrected chi connectivity index (χ4v) is 2.89. The minimum absolute atomic E-state index is 0.206. The van der Waals surface area contributed by atoms with Gasteiger partial charge in [0.25, 0.3) is 0 Å². The Morgan fingerprint density at radius 3 is 2.90 bits per heavy atom. The van der Waals surface area contributed by atoms with Crippen LogP contribution in [-0.2, 0) is 4.74 Å². The molecule has 1 aliphatic carbocycles. The average molecular weight is 291 g/mol. The van der Waals surface area contributed by atoms with Crippen LogP contribution in [0.2, 0.25) is 0 Å². The van der Waals surface area contributed by atoms with Crippen LogP contribution in [0.25, 0.3) is 0 Å². The number of hydrogen-bond donors (Lipinski definition) is 2. The summed E-state index contributed by atoms with van der Waals surface area (Å²) in [6, 6.07) is 7.14. The predicted molar refractivity (Wildman–Crippen MR) is 77.8 cm³/mol. The van der Waals surface area contributed by atoms with E-state index >= 15 is 0 Å². The molecule has 2 atom stereocenters. The van der Waals surface area contributed by atoms with E-state index in [2.05, 4.69) is 5.32 Å². The van der Waals surface area contributed by atoms with Crippen molar-refractivity contribution in [3.05, 3.63) is 29.8 Å². The molecule has 21 heavy (non-hydrogen) atoms. The molecule has 1 saturated carbocycles. The first-order chi connectivity index (χ1) is 10.3. The van der Waals surface area contributed by atoms with Gasteiger partial charge in [-0.05, 0) is 37.3 Å². The number of ether oxygens (including phenoxy) is 2. The van der Waals surface area contributed by atoms with Gasteiger partial charge >= 0.3 is 5.97 Å². The van der Waals surface area contributed by atoms with Crippen molar-refractivity contribution in [2.24, 2.45) is 5.92 Å². The Morgan fingerprint density at radius 2 is 2.14 bits per heavy atom. The zero-order chi connectivity index (χ0) is 14.7. The molecular formula is C16H21NO4. The first-order valence-electron chi connectivity index (χ1n) is 7.56. The molecule has 1 aromatic rings. The van der Waals surface area contributed by atoms with Crippen molar-refractivity contribution in [2.45, 2.75) is 31.4 Å². The van der Waals surface area contributed by atoms with Gasteiger partial charge in [-0.3, -0.25) is 0 Å². The number of rotatable bonds is 7. The predicted octanol–water partition coefficient (Wildman–Crippen LogP) is 1.92. The van der Waals surface area contributed by atoms with E-state index in [1.54, 1.807) is 24.3 Å². The Balaban J connectivity index is 1.45. The Kier molecular flexibility index (Phi) is 4.41. The lowest BCUT2D eigenvalue weighted by molar-refractivity contribution is 0.0692. The molecule has 2 aliphatic rings. The highest BCUT2D eigenvalue weighted by molar-refractivity contribution is 5.90. The van der Waals surface area contributed by atoms with E-state index in [1.807, 2.05) is 0 Å². The van der Waals surface area contributed by atoms with Gasteiger partial charge in [-0.1, -0.05) is 12.1 Å². The topological polar surface area (TPSA) is 67.8 Å². The van der Waals surface area contributed by atoms with Crippen molar-refractivity contribution in [2.75, 3.05) is 19.8 Å². The number of aromatic carboxylic acids is 1. The van der Waals surface area contributed by atoms with Crippen LogP contribution in [0.1, 0.15) is 29.6 Å². The minimum Gasteiger partial charge on any atom is -0.491 e. The summed E-state index contributed by atoms with van der Waals surface area (Å²) in [4.78, 5) is 11.1. The Hall–Kier alpha value is -1.59. The third-order valence-corrected chi connectivity index (χ3v) is 4.11. The van der Waals surface area contributed by atoms with Gasteiger partial charge in [0.1, 0.15) is 17.9 Å². The Morgan fingerprint density at radius 1 is 1.33 bits per heavy atom. The largest absolute Gasteiger partial charge is 0.491 e. The van der Waals surface area contributed by atoms with Crippen molar-refractivity contribution in [1.82, 2.24) is 5.32 Å². The molecule has 3 rings (SSSR count). The van der Waals surface area contributed by atoms with Gasteiger partial charge in [0, 0.05) is 19.2 Å². The van der Waals surface area contributed by atoms with E-state index in [0.717, 1.165) is 18.9 Å².